The minimum absolute atomic E-state index is 0.468. The Labute approximate surface area is 134 Å². The van der Waals surface area contributed by atoms with Gasteiger partial charge in [-0.15, -0.1) is 0 Å². The minimum Gasteiger partial charge on any atom is -0.361 e. The molecule has 0 aliphatic carbocycles. The molecule has 108 valence electrons. The first-order chi connectivity index (χ1) is 10.3. The Kier molecular flexibility index (Phi) is 4.84. The van der Waals surface area contributed by atoms with E-state index in [9.17, 15) is 0 Å². The van der Waals surface area contributed by atoms with Crippen molar-refractivity contribution in [3.8, 4) is 0 Å². The number of benzene rings is 2. The van der Waals surface area contributed by atoms with Crippen molar-refractivity contribution in [3.05, 3.63) is 70.7 Å². The summed E-state index contributed by atoms with van der Waals surface area (Å²) in [6.07, 6.45) is 1.05. The smallest absolute Gasteiger partial charge is 0.157 e. The molecule has 1 fully saturated rings. The molecule has 1 unspecified atom stereocenters. The maximum absolute atomic E-state index is 5.98. The summed E-state index contributed by atoms with van der Waals surface area (Å²) in [4.78, 5) is 4.64. The largest absolute Gasteiger partial charge is 0.361 e. The van der Waals surface area contributed by atoms with Crippen molar-refractivity contribution < 1.29 is 0 Å². The van der Waals surface area contributed by atoms with Crippen molar-refractivity contribution in [1.82, 2.24) is 5.32 Å². The van der Waals surface area contributed by atoms with Crippen LogP contribution in [0.25, 0.3) is 0 Å². The molecule has 21 heavy (non-hydrogen) atoms. The monoisotopic (exact) mass is 316 g/mol. The van der Waals surface area contributed by atoms with E-state index in [-0.39, 0.29) is 0 Å². The second-order valence-electron chi connectivity index (χ2n) is 5.09. The van der Waals surface area contributed by atoms with Gasteiger partial charge in [-0.2, -0.15) is 0 Å². The number of nitrogens with zero attached hydrogens (tertiary/aromatic N) is 1. The highest BCUT2D eigenvalue weighted by molar-refractivity contribution is 8.14. The summed E-state index contributed by atoms with van der Waals surface area (Å²) in [5, 5.41) is 5.31. The molecular weight excluding hydrogens is 300 g/mol. The van der Waals surface area contributed by atoms with E-state index in [1.165, 1.54) is 5.56 Å². The predicted octanol–water partition coefficient (Wildman–Crippen LogP) is 4.14. The molecule has 1 atom stereocenters. The number of aliphatic imine (C=N–C) groups is 1. The van der Waals surface area contributed by atoms with Gasteiger partial charge in [0.2, 0.25) is 0 Å². The van der Waals surface area contributed by atoms with Crippen LogP contribution >= 0.6 is 23.4 Å². The molecule has 2 aromatic rings. The van der Waals surface area contributed by atoms with Crippen molar-refractivity contribution in [3.63, 3.8) is 0 Å². The average Bonchev–Trinajstić information content (AvgIpc) is 2.94. The SMILES string of the molecule is Clc1cccc(CN=C2NC(Cc3ccccc3)CS2)c1. The van der Waals surface area contributed by atoms with Crippen molar-refractivity contribution in [2.45, 2.75) is 19.0 Å². The zero-order valence-corrected chi connectivity index (χ0v) is 13.2. The Morgan fingerprint density at radius 2 is 1.90 bits per heavy atom. The second-order valence-corrected chi connectivity index (χ2v) is 6.54. The van der Waals surface area contributed by atoms with Gasteiger partial charge < -0.3 is 5.32 Å². The van der Waals surface area contributed by atoms with Crippen molar-refractivity contribution in [1.29, 1.82) is 0 Å². The Morgan fingerprint density at radius 1 is 1.10 bits per heavy atom. The fraction of sp³-hybridized carbons (Fsp3) is 0.235. The molecule has 0 aromatic heterocycles. The van der Waals surface area contributed by atoms with Gasteiger partial charge in [0, 0.05) is 16.8 Å². The summed E-state index contributed by atoms with van der Waals surface area (Å²) in [6, 6.07) is 18.9. The number of rotatable bonds is 4. The molecule has 4 heteroatoms. The van der Waals surface area contributed by atoms with Gasteiger partial charge in [0.05, 0.1) is 6.54 Å². The zero-order chi connectivity index (χ0) is 14.5. The van der Waals surface area contributed by atoms with Crippen LogP contribution in [0.2, 0.25) is 5.02 Å². The molecule has 0 amide bonds. The van der Waals surface area contributed by atoms with Gasteiger partial charge in [0.15, 0.2) is 5.17 Å². The standard InChI is InChI=1S/C17H17ClN2S/c18-15-8-4-7-14(9-15)11-19-17-20-16(12-21-17)10-13-5-2-1-3-6-13/h1-9,16H,10-12H2,(H,19,20). The van der Waals surface area contributed by atoms with Crippen LogP contribution in [-0.4, -0.2) is 17.0 Å². The highest BCUT2D eigenvalue weighted by Crippen LogP contribution is 2.18. The molecule has 1 heterocycles. The summed E-state index contributed by atoms with van der Waals surface area (Å²) in [5.41, 5.74) is 2.51. The zero-order valence-electron chi connectivity index (χ0n) is 11.6. The lowest BCUT2D eigenvalue weighted by molar-refractivity contribution is 0.686. The molecule has 1 aliphatic heterocycles. The van der Waals surface area contributed by atoms with E-state index in [4.69, 9.17) is 11.6 Å². The number of thioether (sulfide) groups is 1. The molecule has 3 rings (SSSR count). The lowest BCUT2D eigenvalue weighted by Gasteiger charge is -2.09. The molecule has 0 saturated carbocycles. The number of hydrogen-bond donors (Lipinski definition) is 1. The van der Waals surface area contributed by atoms with Crippen molar-refractivity contribution >= 4 is 28.5 Å². The van der Waals surface area contributed by atoms with Crippen molar-refractivity contribution in [2.24, 2.45) is 4.99 Å². The molecule has 2 aromatic carbocycles. The van der Waals surface area contributed by atoms with Gasteiger partial charge in [-0.25, -0.2) is 0 Å². The Bertz CT molecular complexity index is 628. The first kappa shape index (κ1) is 14.5. The van der Waals surface area contributed by atoms with Gasteiger partial charge in [0.25, 0.3) is 0 Å². The predicted molar refractivity (Wildman–Crippen MR) is 92.1 cm³/mol. The quantitative estimate of drug-likeness (QED) is 0.916. The molecule has 2 nitrogen and oxygen atoms in total. The first-order valence-electron chi connectivity index (χ1n) is 7.02. The van der Waals surface area contributed by atoms with Crippen LogP contribution in [0.5, 0.6) is 0 Å². The van der Waals surface area contributed by atoms with Crippen molar-refractivity contribution in [2.75, 3.05) is 5.75 Å². The third kappa shape index (κ3) is 4.26. The average molecular weight is 317 g/mol. The van der Waals surface area contributed by atoms with Gasteiger partial charge in [-0.3, -0.25) is 4.99 Å². The molecule has 1 aliphatic rings. The molecular formula is C17H17ClN2S. The Hall–Kier alpha value is -1.45. The summed E-state index contributed by atoms with van der Waals surface area (Å²) < 4.78 is 0. The van der Waals surface area contributed by atoms with Gasteiger partial charge in [-0.05, 0) is 29.7 Å². The number of halogens is 1. The molecule has 0 spiro atoms. The number of nitrogens with one attached hydrogen (secondary N) is 1. The van der Waals surface area contributed by atoms with Crippen LogP contribution in [0.3, 0.4) is 0 Å². The van der Waals surface area contributed by atoms with Gasteiger partial charge >= 0.3 is 0 Å². The maximum atomic E-state index is 5.98. The van der Waals surface area contributed by atoms with Crippen LogP contribution in [0.4, 0.5) is 0 Å². The molecule has 1 saturated heterocycles. The summed E-state index contributed by atoms with van der Waals surface area (Å²) >= 11 is 7.78. The maximum Gasteiger partial charge on any atom is 0.157 e. The van der Waals surface area contributed by atoms with E-state index in [0.717, 1.165) is 27.9 Å². The van der Waals surface area contributed by atoms with Crippen LogP contribution in [0, 0.1) is 0 Å². The van der Waals surface area contributed by atoms with Crippen LogP contribution < -0.4 is 5.32 Å². The first-order valence-corrected chi connectivity index (χ1v) is 8.38. The van der Waals surface area contributed by atoms with E-state index in [1.54, 1.807) is 11.8 Å². The third-order valence-electron chi connectivity index (χ3n) is 3.37. The number of amidine groups is 1. The summed E-state index contributed by atoms with van der Waals surface area (Å²) in [6.45, 7) is 0.675. The fourth-order valence-electron chi connectivity index (χ4n) is 2.34. The summed E-state index contributed by atoms with van der Waals surface area (Å²) in [7, 11) is 0. The van der Waals surface area contributed by atoms with E-state index in [2.05, 4.69) is 46.7 Å². The lowest BCUT2D eigenvalue weighted by Crippen LogP contribution is -2.29. The topological polar surface area (TPSA) is 24.4 Å². The van der Waals surface area contributed by atoms with Crippen LogP contribution in [0.1, 0.15) is 11.1 Å². The van der Waals surface area contributed by atoms with Gasteiger partial charge in [-0.1, -0.05) is 65.8 Å². The number of hydrogen-bond acceptors (Lipinski definition) is 2. The van der Waals surface area contributed by atoms with E-state index < -0.39 is 0 Å². The second kappa shape index (κ2) is 7.01. The van der Waals surface area contributed by atoms with E-state index in [1.807, 2.05) is 18.2 Å². The Balaban J connectivity index is 1.55. The fourth-order valence-corrected chi connectivity index (χ4v) is 3.51. The van der Waals surface area contributed by atoms with Gasteiger partial charge in [0.1, 0.15) is 0 Å². The highest BCUT2D eigenvalue weighted by Gasteiger charge is 2.20. The van der Waals surface area contributed by atoms with E-state index in [0.29, 0.717) is 12.6 Å². The minimum atomic E-state index is 0.468. The summed E-state index contributed by atoms with van der Waals surface area (Å²) in [5.74, 6) is 1.07. The molecule has 0 radical (unpaired) electrons. The molecule has 1 N–H and O–H groups in total. The highest BCUT2D eigenvalue weighted by atomic mass is 35.5. The van der Waals surface area contributed by atoms with E-state index >= 15 is 0 Å². The third-order valence-corrected chi connectivity index (χ3v) is 4.69. The lowest BCUT2D eigenvalue weighted by atomic mass is 10.1. The normalized spacial score (nSPS) is 19.7. The van der Waals surface area contributed by atoms with Crippen LogP contribution in [0.15, 0.2) is 59.6 Å². The molecule has 0 bridgehead atoms. The van der Waals surface area contributed by atoms with Crippen LogP contribution in [-0.2, 0) is 13.0 Å². The Morgan fingerprint density at radius 3 is 2.71 bits per heavy atom.